The Morgan fingerprint density at radius 1 is 1.37 bits per heavy atom. The topological polar surface area (TPSA) is 73.3 Å². The van der Waals surface area contributed by atoms with E-state index in [4.69, 9.17) is 22.9 Å². The van der Waals surface area contributed by atoms with Gasteiger partial charge in [0.15, 0.2) is 0 Å². The summed E-state index contributed by atoms with van der Waals surface area (Å²) in [6.45, 7) is 1.81. The highest BCUT2D eigenvalue weighted by atomic mass is 35.5. The minimum atomic E-state index is -0.445. The minimum Gasteiger partial charge on any atom is -0.390 e. The van der Waals surface area contributed by atoms with E-state index in [2.05, 4.69) is 0 Å². The highest BCUT2D eigenvalue weighted by Gasteiger charge is 2.56. The first-order valence-electron chi connectivity index (χ1n) is 7.08. The van der Waals surface area contributed by atoms with Crippen LogP contribution in [0.25, 0.3) is 0 Å². The van der Waals surface area contributed by atoms with Crippen LogP contribution >= 0.6 is 11.8 Å². The van der Waals surface area contributed by atoms with E-state index in [0.717, 1.165) is 32.1 Å². The lowest BCUT2D eigenvalue weighted by Gasteiger charge is -2.59. The molecule has 19 heavy (non-hydrogen) atoms. The van der Waals surface area contributed by atoms with Gasteiger partial charge in [-0.3, -0.25) is 4.42 Å². The predicted molar refractivity (Wildman–Crippen MR) is 75.7 cm³/mol. The van der Waals surface area contributed by atoms with E-state index >= 15 is 0 Å². The second-order valence-electron chi connectivity index (χ2n) is 6.71. The Kier molecular flexibility index (Phi) is 3.06. The Morgan fingerprint density at radius 3 is 2.42 bits per heavy atom. The second-order valence-corrected chi connectivity index (χ2v) is 7.07. The van der Waals surface area contributed by atoms with Gasteiger partial charge >= 0.3 is 0 Å². The molecule has 0 saturated heterocycles. The molecule has 4 nitrogen and oxygen atoms in total. The van der Waals surface area contributed by atoms with Crippen LogP contribution in [-0.2, 0) is 0 Å². The van der Waals surface area contributed by atoms with Gasteiger partial charge in [-0.1, -0.05) is 0 Å². The summed E-state index contributed by atoms with van der Waals surface area (Å²) in [5.41, 5.74) is 6.30. The van der Waals surface area contributed by atoms with Gasteiger partial charge in [0.25, 0.3) is 0 Å². The highest BCUT2D eigenvalue weighted by Crippen LogP contribution is 2.57. The molecule has 0 spiro atoms. The number of aliphatic hydroxyl groups is 1. The molecule has 0 heterocycles. The molecule has 4 saturated carbocycles. The van der Waals surface area contributed by atoms with Crippen molar-refractivity contribution in [2.75, 3.05) is 0 Å². The molecule has 0 amide bonds. The Bertz CT molecular complexity index is 420. The summed E-state index contributed by atoms with van der Waals surface area (Å²) in [5, 5.41) is 17.8. The van der Waals surface area contributed by atoms with Gasteiger partial charge in [-0.15, -0.1) is 0 Å². The number of hydrogen-bond acceptors (Lipinski definition) is 4. The molecule has 0 aromatic carbocycles. The van der Waals surface area contributed by atoms with Crippen LogP contribution in [0, 0.1) is 23.2 Å². The van der Waals surface area contributed by atoms with E-state index in [1.807, 2.05) is 0 Å². The molecule has 4 aliphatic rings. The van der Waals surface area contributed by atoms with E-state index in [-0.39, 0.29) is 6.04 Å². The maximum atomic E-state index is 10.6. The molecule has 2 unspecified atom stereocenters. The van der Waals surface area contributed by atoms with Crippen molar-refractivity contribution in [2.45, 2.75) is 50.7 Å². The van der Waals surface area contributed by atoms with Crippen molar-refractivity contribution in [3.05, 3.63) is 11.4 Å². The van der Waals surface area contributed by atoms with Crippen LogP contribution in [-0.4, -0.2) is 27.4 Å². The summed E-state index contributed by atoms with van der Waals surface area (Å²) in [6, 6.07) is 0.216. The largest absolute Gasteiger partial charge is 0.390 e. The lowest BCUT2D eigenvalue weighted by Crippen LogP contribution is -2.60. The summed E-state index contributed by atoms with van der Waals surface area (Å²) >= 11 is 6.46. The third kappa shape index (κ3) is 2.05. The molecule has 4 bridgehead atoms. The summed E-state index contributed by atoms with van der Waals surface area (Å²) in [4.78, 5) is 0. The molecule has 4 aliphatic carbocycles. The molecule has 2 atom stereocenters. The van der Waals surface area contributed by atoms with Crippen LogP contribution < -0.4 is 5.73 Å². The zero-order valence-corrected chi connectivity index (χ0v) is 12.0. The van der Waals surface area contributed by atoms with E-state index in [1.165, 1.54) is 6.21 Å². The van der Waals surface area contributed by atoms with Gasteiger partial charge in [0.1, 0.15) is 5.82 Å². The zero-order chi connectivity index (χ0) is 13.8. The maximum Gasteiger partial charge on any atom is 0.118 e. The molecular formula is C14H22ClN3O. The quantitative estimate of drug-likeness (QED) is 0.549. The molecule has 5 heteroatoms. The normalized spacial score (nSPS) is 45.0. The number of hydrogen-bond donors (Lipinski definition) is 3. The van der Waals surface area contributed by atoms with Crippen molar-refractivity contribution in [3.63, 3.8) is 0 Å². The third-order valence-electron chi connectivity index (χ3n) is 5.30. The van der Waals surface area contributed by atoms with Crippen LogP contribution in [0.5, 0.6) is 0 Å². The molecule has 0 aliphatic heterocycles. The number of nitrogens with one attached hydrogen (secondary N) is 1. The van der Waals surface area contributed by atoms with E-state index < -0.39 is 5.60 Å². The van der Waals surface area contributed by atoms with Crippen molar-refractivity contribution >= 4 is 18.0 Å². The first kappa shape index (κ1) is 13.3. The lowest BCUT2D eigenvalue weighted by molar-refractivity contribution is -0.147. The molecule has 4 fully saturated rings. The predicted octanol–water partition coefficient (Wildman–Crippen LogP) is 2.22. The van der Waals surface area contributed by atoms with Gasteiger partial charge < -0.3 is 16.2 Å². The standard InChI is InChI=1S/C14H22ClN3O/c1-8(7-16)13(17)18(15)12-10-2-9-3-11(12)6-14(19,4-9)5-10/h7,9-12,16,19H,2-6,17H2,1H3/b13-8+,16-7?. The second kappa shape index (κ2) is 4.38. The van der Waals surface area contributed by atoms with E-state index in [9.17, 15) is 5.11 Å². The molecule has 0 radical (unpaired) electrons. The first-order valence-corrected chi connectivity index (χ1v) is 7.41. The smallest absolute Gasteiger partial charge is 0.118 e. The molecule has 0 aromatic rings. The molecule has 4 rings (SSSR count). The number of nitrogens with zero attached hydrogens (tertiary/aromatic N) is 1. The van der Waals surface area contributed by atoms with Crippen molar-refractivity contribution in [1.29, 1.82) is 5.41 Å². The van der Waals surface area contributed by atoms with Gasteiger partial charge in [-0.2, -0.15) is 0 Å². The van der Waals surface area contributed by atoms with Gasteiger partial charge in [-0.05, 0) is 56.8 Å². The fourth-order valence-electron chi connectivity index (χ4n) is 4.73. The van der Waals surface area contributed by atoms with E-state index in [1.54, 1.807) is 11.3 Å². The summed E-state index contributed by atoms with van der Waals surface area (Å²) in [5.74, 6) is 2.02. The minimum absolute atomic E-state index is 0.216. The number of rotatable bonds is 3. The fourth-order valence-corrected chi connectivity index (χ4v) is 5.18. The van der Waals surface area contributed by atoms with Gasteiger partial charge in [0.05, 0.1) is 11.6 Å². The van der Waals surface area contributed by atoms with E-state index in [0.29, 0.717) is 29.1 Å². The summed E-state index contributed by atoms with van der Waals surface area (Å²) < 4.78 is 1.65. The average molecular weight is 284 g/mol. The van der Waals surface area contributed by atoms with Gasteiger partial charge in [0.2, 0.25) is 0 Å². The SMILES string of the molecule is C/C(C=N)=C(/N)N(Cl)C1C2CC3CC1CC(O)(C3)C2. The molecule has 4 N–H and O–H groups in total. The Balaban J connectivity index is 1.85. The van der Waals surface area contributed by atoms with Crippen molar-refractivity contribution in [2.24, 2.45) is 23.5 Å². The lowest BCUT2D eigenvalue weighted by atomic mass is 9.52. The van der Waals surface area contributed by atoms with Crippen LogP contribution in [0.3, 0.4) is 0 Å². The summed E-state index contributed by atoms with van der Waals surface area (Å²) in [6.07, 6.45) is 6.23. The zero-order valence-electron chi connectivity index (χ0n) is 11.3. The van der Waals surface area contributed by atoms with Gasteiger partial charge in [0, 0.05) is 23.6 Å². The Labute approximate surface area is 119 Å². The van der Waals surface area contributed by atoms with Crippen molar-refractivity contribution < 1.29 is 5.11 Å². The first-order chi connectivity index (χ1) is 8.93. The third-order valence-corrected chi connectivity index (χ3v) is 5.71. The fraction of sp³-hybridized carbons (Fsp3) is 0.786. The number of halogens is 1. The van der Waals surface area contributed by atoms with Crippen LogP contribution in [0.2, 0.25) is 0 Å². The summed E-state index contributed by atoms with van der Waals surface area (Å²) in [7, 11) is 0. The average Bonchev–Trinajstić information content (AvgIpc) is 2.34. The number of allylic oxidation sites excluding steroid dienone is 1. The van der Waals surface area contributed by atoms with Crippen LogP contribution in [0.1, 0.15) is 39.0 Å². The van der Waals surface area contributed by atoms with Crippen LogP contribution in [0.15, 0.2) is 11.4 Å². The van der Waals surface area contributed by atoms with Crippen LogP contribution in [0.4, 0.5) is 0 Å². The maximum absolute atomic E-state index is 10.6. The molecule has 0 aromatic heterocycles. The Morgan fingerprint density at radius 2 is 1.95 bits per heavy atom. The van der Waals surface area contributed by atoms with Crippen molar-refractivity contribution in [3.8, 4) is 0 Å². The number of nitrogens with two attached hydrogens (primary N) is 1. The molecule has 106 valence electrons. The van der Waals surface area contributed by atoms with Crippen molar-refractivity contribution in [1.82, 2.24) is 4.42 Å². The van der Waals surface area contributed by atoms with Gasteiger partial charge in [-0.25, -0.2) is 0 Å². The monoisotopic (exact) mass is 283 g/mol. The highest BCUT2D eigenvalue weighted by molar-refractivity contribution is 6.14. The Hall–Kier alpha value is -0.740. The molecular weight excluding hydrogens is 262 g/mol.